The van der Waals surface area contributed by atoms with Crippen LogP contribution in [-0.4, -0.2) is 17.6 Å². The molecule has 0 bridgehead atoms. The minimum absolute atomic E-state index is 0.181. The topological polar surface area (TPSA) is 69.6 Å². The Morgan fingerprint density at radius 2 is 1.65 bits per heavy atom. The van der Waals surface area contributed by atoms with Crippen LogP contribution in [0.4, 0.5) is 5.69 Å². The molecule has 0 spiro atoms. The standard InChI is InChI=1S/C27H24N2O4S/c1-29-26(17-25(30)28-21-13-7-9-15-23(21)32-2)34-24(27(29)31)16-20-12-6-8-14-22(20)33-18-19-10-4-3-5-11-19/h3-17H,18H2,1-2H3,(H,28,30)/b24-16-,26-17+. The molecule has 4 aromatic rings. The van der Waals surface area contributed by atoms with Crippen LogP contribution in [0.25, 0.3) is 12.2 Å². The third kappa shape index (κ3) is 5.44. The lowest BCUT2D eigenvalue weighted by Crippen LogP contribution is -2.29. The number of hydrogen-bond donors (Lipinski definition) is 1. The van der Waals surface area contributed by atoms with Crippen molar-refractivity contribution in [3.05, 3.63) is 110 Å². The first-order chi connectivity index (χ1) is 16.5. The Morgan fingerprint density at radius 1 is 0.971 bits per heavy atom. The van der Waals surface area contributed by atoms with Gasteiger partial charge in [-0.2, -0.15) is 0 Å². The van der Waals surface area contributed by atoms with E-state index in [9.17, 15) is 9.59 Å². The molecular weight excluding hydrogens is 448 g/mol. The molecule has 1 aromatic heterocycles. The number of anilines is 1. The minimum Gasteiger partial charge on any atom is -0.495 e. The molecule has 0 radical (unpaired) electrons. The Kier molecular flexibility index (Phi) is 7.25. The highest BCUT2D eigenvalue weighted by atomic mass is 32.1. The average Bonchev–Trinajstić information content (AvgIpc) is 3.12. The molecule has 1 amide bonds. The summed E-state index contributed by atoms with van der Waals surface area (Å²) in [5, 5.41) is 2.80. The van der Waals surface area contributed by atoms with Crippen molar-refractivity contribution in [2.24, 2.45) is 7.05 Å². The number of nitrogens with zero attached hydrogens (tertiary/aromatic N) is 1. The molecular formula is C27H24N2O4S. The molecule has 1 N–H and O–H groups in total. The van der Waals surface area contributed by atoms with Crippen LogP contribution in [0.3, 0.4) is 0 Å². The first kappa shape index (κ1) is 23.1. The van der Waals surface area contributed by atoms with Crippen LogP contribution >= 0.6 is 11.3 Å². The van der Waals surface area contributed by atoms with E-state index in [2.05, 4.69) is 5.32 Å². The van der Waals surface area contributed by atoms with E-state index < -0.39 is 0 Å². The van der Waals surface area contributed by atoms with Gasteiger partial charge in [-0.25, -0.2) is 0 Å². The van der Waals surface area contributed by atoms with E-state index in [1.807, 2.05) is 66.7 Å². The first-order valence-electron chi connectivity index (χ1n) is 10.6. The highest BCUT2D eigenvalue weighted by molar-refractivity contribution is 7.07. The largest absolute Gasteiger partial charge is 0.495 e. The highest BCUT2D eigenvalue weighted by Crippen LogP contribution is 2.23. The lowest BCUT2D eigenvalue weighted by Gasteiger charge is -2.08. The zero-order valence-corrected chi connectivity index (χ0v) is 19.7. The van der Waals surface area contributed by atoms with Crippen LogP contribution in [-0.2, 0) is 18.4 Å². The minimum atomic E-state index is -0.348. The smallest absolute Gasteiger partial charge is 0.268 e. The maximum Gasteiger partial charge on any atom is 0.268 e. The van der Waals surface area contributed by atoms with Gasteiger partial charge in [-0.05, 0) is 29.8 Å². The van der Waals surface area contributed by atoms with E-state index in [1.165, 1.54) is 22.0 Å². The van der Waals surface area contributed by atoms with Crippen LogP contribution in [0.15, 0.2) is 83.7 Å². The molecule has 0 atom stereocenters. The van der Waals surface area contributed by atoms with E-state index in [-0.39, 0.29) is 11.5 Å². The molecule has 6 nitrogen and oxygen atoms in total. The molecule has 34 heavy (non-hydrogen) atoms. The molecule has 0 saturated carbocycles. The van der Waals surface area contributed by atoms with Gasteiger partial charge >= 0.3 is 0 Å². The molecule has 172 valence electrons. The van der Waals surface area contributed by atoms with Gasteiger partial charge in [-0.3, -0.25) is 9.59 Å². The summed E-state index contributed by atoms with van der Waals surface area (Å²) < 4.78 is 13.8. The van der Waals surface area contributed by atoms with Gasteiger partial charge in [-0.15, -0.1) is 11.3 Å². The van der Waals surface area contributed by atoms with Gasteiger partial charge in [0.05, 0.1) is 17.3 Å². The summed E-state index contributed by atoms with van der Waals surface area (Å²) in [6.07, 6.45) is 3.20. The number of ether oxygens (including phenoxy) is 2. The van der Waals surface area contributed by atoms with Crippen LogP contribution in [0.1, 0.15) is 11.1 Å². The van der Waals surface area contributed by atoms with Crippen LogP contribution < -0.4 is 29.5 Å². The lowest BCUT2D eigenvalue weighted by atomic mass is 10.2. The Balaban J connectivity index is 1.61. The Hall–Kier alpha value is -4.10. The Bertz CT molecular complexity index is 1470. The molecule has 3 aromatic carbocycles. The Labute approximate surface area is 201 Å². The molecule has 0 aliphatic heterocycles. The predicted molar refractivity (Wildman–Crippen MR) is 136 cm³/mol. The number of nitrogens with one attached hydrogen (secondary N) is 1. The normalized spacial score (nSPS) is 11.9. The summed E-state index contributed by atoms with van der Waals surface area (Å²) in [4.78, 5) is 25.4. The molecule has 0 unspecified atom stereocenters. The van der Waals surface area contributed by atoms with Gasteiger partial charge in [0.2, 0.25) is 0 Å². The number of carbonyl (C=O) groups excluding carboxylic acids is 1. The number of benzene rings is 3. The summed E-state index contributed by atoms with van der Waals surface area (Å²) in [6, 6.07) is 24.6. The number of methoxy groups -OCH3 is 1. The average molecular weight is 473 g/mol. The maximum absolute atomic E-state index is 12.9. The quantitative estimate of drug-likeness (QED) is 0.448. The number of amides is 1. The van der Waals surface area contributed by atoms with E-state index in [0.717, 1.165) is 11.1 Å². The van der Waals surface area contributed by atoms with Gasteiger partial charge in [-0.1, -0.05) is 60.7 Å². The van der Waals surface area contributed by atoms with Crippen molar-refractivity contribution in [3.63, 3.8) is 0 Å². The molecule has 0 saturated heterocycles. The van der Waals surface area contributed by atoms with E-state index in [1.54, 1.807) is 32.4 Å². The fourth-order valence-corrected chi connectivity index (χ4v) is 4.37. The van der Waals surface area contributed by atoms with E-state index >= 15 is 0 Å². The van der Waals surface area contributed by atoms with E-state index in [4.69, 9.17) is 9.47 Å². The highest BCUT2D eigenvalue weighted by Gasteiger charge is 2.08. The summed E-state index contributed by atoms with van der Waals surface area (Å²) in [5.41, 5.74) is 2.23. The van der Waals surface area contributed by atoms with Gasteiger partial charge in [0.25, 0.3) is 11.5 Å². The summed E-state index contributed by atoms with van der Waals surface area (Å²) in [7, 11) is 3.19. The van der Waals surface area contributed by atoms with Crippen molar-refractivity contribution < 1.29 is 14.3 Å². The number of aromatic nitrogens is 1. The van der Waals surface area contributed by atoms with E-state index in [0.29, 0.717) is 33.0 Å². The van der Waals surface area contributed by atoms with Gasteiger partial charge in [0.15, 0.2) is 0 Å². The predicted octanol–water partition coefficient (Wildman–Crippen LogP) is 3.28. The zero-order chi connectivity index (χ0) is 23.9. The van der Waals surface area contributed by atoms with Crippen molar-refractivity contribution >= 4 is 35.1 Å². The number of para-hydroxylation sites is 3. The second-order valence-corrected chi connectivity index (χ2v) is 8.52. The van der Waals surface area contributed by atoms with Gasteiger partial charge in [0.1, 0.15) is 22.8 Å². The van der Waals surface area contributed by atoms with Gasteiger partial charge in [0, 0.05) is 18.7 Å². The first-order valence-corrected chi connectivity index (χ1v) is 11.5. The molecule has 0 aliphatic carbocycles. The number of rotatable bonds is 7. The molecule has 7 heteroatoms. The fourth-order valence-electron chi connectivity index (χ4n) is 3.34. The van der Waals surface area contributed by atoms with Crippen molar-refractivity contribution in [3.8, 4) is 11.5 Å². The molecule has 4 rings (SSSR count). The summed E-state index contributed by atoms with van der Waals surface area (Å²) in [6.45, 7) is 0.427. The molecule has 1 heterocycles. The Morgan fingerprint density at radius 3 is 2.41 bits per heavy atom. The van der Waals surface area contributed by atoms with Crippen molar-refractivity contribution in [1.29, 1.82) is 0 Å². The molecule has 0 fully saturated rings. The lowest BCUT2D eigenvalue weighted by molar-refractivity contribution is -0.110. The number of carbonyl (C=O) groups is 1. The van der Waals surface area contributed by atoms with Crippen LogP contribution in [0.5, 0.6) is 11.5 Å². The van der Waals surface area contributed by atoms with Crippen LogP contribution in [0.2, 0.25) is 0 Å². The third-order valence-electron chi connectivity index (χ3n) is 5.12. The fraction of sp³-hybridized carbons (Fsp3) is 0.111. The molecule has 0 aliphatic rings. The van der Waals surface area contributed by atoms with Crippen molar-refractivity contribution in [2.75, 3.05) is 12.4 Å². The zero-order valence-electron chi connectivity index (χ0n) is 18.9. The van der Waals surface area contributed by atoms with Crippen molar-refractivity contribution in [1.82, 2.24) is 4.57 Å². The second kappa shape index (κ2) is 10.7. The number of hydrogen-bond acceptors (Lipinski definition) is 5. The summed E-state index contributed by atoms with van der Waals surface area (Å²) >= 11 is 1.24. The van der Waals surface area contributed by atoms with Gasteiger partial charge < -0.3 is 19.4 Å². The second-order valence-electron chi connectivity index (χ2n) is 7.46. The maximum atomic E-state index is 12.9. The third-order valence-corrected chi connectivity index (χ3v) is 6.24. The van der Waals surface area contributed by atoms with Crippen LogP contribution in [0, 0.1) is 0 Å². The SMILES string of the molecule is COc1ccccc1NC(=O)/C=c1/s/c(=C\c2ccccc2OCc2ccccc2)c(=O)n1C. The summed E-state index contributed by atoms with van der Waals surface area (Å²) in [5.74, 6) is 0.895. The monoisotopic (exact) mass is 472 g/mol. The number of thiazole rings is 1. The van der Waals surface area contributed by atoms with Crippen molar-refractivity contribution in [2.45, 2.75) is 6.61 Å².